The fourth-order valence-corrected chi connectivity index (χ4v) is 6.63. The first-order chi connectivity index (χ1) is 19.7. The Bertz CT molecular complexity index is 1590. The molecule has 10 nitrogen and oxygen atoms in total. The zero-order chi connectivity index (χ0) is 29.1. The summed E-state index contributed by atoms with van der Waals surface area (Å²) in [4.78, 5) is 43.0. The van der Waals surface area contributed by atoms with Gasteiger partial charge in [0, 0.05) is 28.9 Å². The minimum Gasteiger partial charge on any atom is -0.504 e. The molecule has 0 unspecified atom stereocenters. The number of rotatable bonds is 7. The van der Waals surface area contributed by atoms with E-state index in [1.807, 2.05) is 6.07 Å². The Kier molecular flexibility index (Phi) is 6.55. The molecule has 2 fully saturated rings. The molecular weight excluding hydrogens is 550 g/mol. The van der Waals surface area contributed by atoms with Crippen molar-refractivity contribution in [2.24, 2.45) is 11.8 Å². The molecule has 3 heterocycles. The number of benzene rings is 3. The predicted molar refractivity (Wildman–Crippen MR) is 149 cm³/mol. The number of nitrogens with one attached hydrogen (secondary N) is 2. The lowest BCUT2D eigenvalue weighted by Crippen LogP contribution is -2.53. The van der Waals surface area contributed by atoms with Crippen LogP contribution in [0.5, 0.6) is 23.0 Å². The van der Waals surface area contributed by atoms with Gasteiger partial charge >= 0.3 is 0 Å². The highest BCUT2D eigenvalue weighted by molar-refractivity contribution is 6.31. The summed E-state index contributed by atoms with van der Waals surface area (Å²) in [6.45, 7) is 0.118. The molecule has 4 atom stereocenters. The molecule has 212 valence electrons. The number of carbonyl (C=O) groups is 3. The summed E-state index contributed by atoms with van der Waals surface area (Å²) in [5, 5.41) is 26.4. The maximum absolute atomic E-state index is 14.1. The lowest BCUT2D eigenvalue weighted by Gasteiger charge is -2.29. The number of ether oxygens (including phenoxy) is 2. The number of anilines is 1. The Morgan fingerprint density at radius 2 is 1.66 bits per heavy atom. The summed E-state index contributed by atoms with van der Waals surface area (Å²) in [5.74, 6) is -2.55. The van der Waals surface area contributed by atoms with Crippen LogP contribution in [0, 0.1) is 11.8 Å². The number of methoxy groups -OCH3 is 2. The Morgan fingerprint density at radius 3 is 2.39 bits per heavy atom. The molecule has 41 heavy (non-hydrogen) atoms. The van der Waals surface area contributed by atoms with Crippen LogP contribution in [0.2, 0.25) is 5.02 Å². The smallest absolute Gasteiger partial charge is 0.250 e. The largest absolute Gasteiger partial charge is 0.504 e. The number of aromatic hydroxyl groups is 2. The van der Waals surface area contributed by atoms with Crippen LogP contribution in [-0.2, 0) is 32.8 Å². The number of hydrogen-bond donors (Lipinski definition) is 4. The van der Waals surface area contributed by atoms with E-state index in [4.69, 9.17) is 21.1 Å². The SMILES string of the molecule is COc1ccc(CCN2C(=O)[C@@H]3[C@H](Cc4ccc(O)c(O)c4)N[C@@]4(C(=O)Nc5ccc(Cl)cc54)[C@@H]3C2=O)cc1OC. The average Bonchev–Trinajstić information content (AvgIpc) is 3.53. The standard InChI is InChI=1S/C30H28ClN3O7/c1-40-23-8-4-15(13-24(23)41-2)9-10-34-27(37)25-20(11-16-3-7-21(35)22(36)12-16)33-30(26(25)28(34)38)18-14-17(31)5-6-19(18)32-29(30)39/h3-8,12-14,20,25-26,33,35-36H,9-11H2,1-2H3,(H,32,39)/t20-,25+,26-,30+/m0/s1. The van der Waals surface area contributed by atoms with Crippen molar-refractivity contribution in [1.82, 2.24) is 10.2 Å². The van der Waals surface area contributed by atoms with Gasteiger partial charge in [-0.15, -0.1) is 0 Å². The number of fused-ring (bicyclic) bond motifs is 4. The van der Waals surface area contributed by atoms with Crippen LogP contribution >= 0.6 is 11.6 Å². The van der Waals surface area contributed by atoms with Gasteiger partial charge in [0.2, 0.25) is 17.7 Å². The number of imide groups is 1. The quantitative estimate of drug-likeness (QED) is 0.248. The highest BCUT2D eigenvalue weighted by Gasteiger charge is 2.70. The van der Waals surface area contributed by atoms with Gasteiger partial charge < -0.3 is 25.0 Å². The first kappa shape index (κ1) is 26.9. The summed E-state index contributed by atoms with van der Waals surface area (Å²) in [5.41, 5.74) is 1.02. The van der Waals surface area contributed by atoms with Crippen molar-refractivity contribution < 1.29 is 34.1 Å². The van der Waals surface area contributed by atoms with Gasteiger partial charge in [-0.05, 0) is 66.4 Å². The number of nitrogens with zero attached hydrogens (tertiary/aromatic N) is 1. The molecule has 0 saturated carbocycles. The lowest BCUT2D eigenvalue weighted by atomic mass is 9.76. The van der Waals surface area contributed by atoms with Gasteiger partial charge in [0.25, 0.3) is 0 Å². The predicted octanol–water partition coefficient (Wildman–Crippen LogP) is 2.97. The number of carbonyl (C=O) groups excluding carboxylic acids is 3. The summed E-state index contributed by atoms with van der Waals surface area (Å²) in [6, 6.07) is 14.2. The first-order valence-electron chi connectivity index (χ1n) is 13.1. The molecule has 3 amide bonds. The van der Waals surface area contributed by atoms with Crippen LogP contribution in [0.1, 0.15) is 16.7 Å². The number of likely N-dealkylation sites (tertiary alicyclic amines) is 1. The average molecular weight is 578 g/mol. The third-order valence-corrected chi connectivity index (χ3v) is 8.57. The second-order valence-corrected chi connectivity index (χ2v) is 10.9. The first-order valence-corrected chi connectivity index (χ1v) is 13.5. The molecule has 0 bridgehead atoms. The molecule has 3 aliphatic rings. The van der Waals surface area contributed by atoms with Gasteiger partial charge in [-0.2, -0.15) is 0 Å². The van der Waals surface area contributed by atoms with Crippen molar-refractivity contribution in [1.29, 1.82) is 0 Å². The van der Waals surface area contributed by atoms with Gasteiger partial charge in [-0.25, -0.2) is 0 Å². The van der Waals surface area contributed by atoms with E-state index in [9.17, 15) is 24.6 Å². The Balaban J connectivity index is 1.36. The minimum atomic E-state index is -1.50. The van der Waals surface area contributed by atoms with Crippen molar-refractivity contribution >= 4 is 35.0 Å². The molecular formula is C30H28ClN3O7. The number of halogens is 1. The van der Waals surface area contributed by atoms with Crippen molar-refractivity contribution in [3.63, 3.8) is 0 Å². The molecule has 0 radical (unpaired) electrons. The van der Waals surface area contributed by atoms with Crippen molar-refractivity contribution in [2.75, 3.05) is 26.1 Å². The van der Waals surface area contributed by atoms with Gasteiger partial charge in [-0.3, -0.25) is 24.6 Å². The maximum atomic E-state index is 14.1. The normalized spacial score (nSPS) is 24.5. The van der Waals surface area contributed by atoms with Crippen molar-refractivity contribution in [3.05, 3.63) is 76.3 Å². The second kappa shape index (κ2) is 9.97. The second-order valence-electron chi connectivity index (χ2n) is 10.5. The van der Waals surface area contributed by atoms with Gasteiger partial charge in [0.05, 0.1) is 26.1 Å². The topological polar surface area (TPSA) is 137 Å². The summed E-state index contributed by atoms with van der Waals surface area (Å²) >= 11 is 6.33. The molecule has 4 N–H and O–H groups in total. The highest BCUT2D eigenvalue weighted by atomic mass is 35.5. The molecule has 1 spiro atoms. The third-order valence-electron chi connectivity index (χ3n) is 8.34. The molecule has 3 aliphatic heterocycles. The fraction of sp³-hybridized carbons (Fsp3) is 0.300. The number of hydrogen-bond acceptors (Lipinski definition) is 8. The monoisotopic (exact) mass is 577 g/mol. The number of phenols is 2. The molecule has 0 aliphatic carbocycles. The van der Waals surface area contributed by atoms with Gasteiger partial charge in [0.1, 0.15) is 5.54 Å². The number of phenolic OH excluding ortho intramolecular Hbond substituents is 2. The van der Waals surface area contributed by atoms with E-state index in [0.717, 1.165) is 5.56 Å². The molecule has 3 aromatic carbocycles. The molecule has 3 aromatic rings. The zero-order valence-electron chi connectivity index (χ0n) is 22.3. The van der Waals surface area contributed by atoms with Gasteiger partial charge in [0.15, 0.2) is 23.0 Å². The summed E-state index contributed by atoms with van der Waals surface area (Å²) in [7, 11) is 3.08. The van der Waals surface area contributed by atoms with E-state index in [2.05, 4.69) is 10.6 Å². The van der Waals surface area contributed by atoms with Crippen LogP contribution < -0.4 is 20.1 Å². The molecule has 6 rings (SSSR count). The van der Waals surface area contributed by atoms with Crippen molar-refractivity contribution in [2.45, 2.75) is 24.4 Å². The van der Waals surface area contributed by atoms with E-state index in [0.29, 0.717) is 39.8 Å². The third kappa shape index (κ3) is 4.17. The van der Waals surface area contributed by atoms with E-state index < -0.39 is 35.2 Å². The van der Waals surface area contributed by atoms with Crippen LogP contribution in [0.4, 0.5) is 5.69 Å². The van der Waals surface area contributed by atoms with Crippen molar-refractivity contribution in [3.8, 4) is 23.0 Å². The lowest BCUT2D eigenvalue weighted by molar-refractivity contribution is -0.142. The summed E-state index contributed by atoms with van der Waals surface area (Å²) < 4.78 is 10.7. The summed E-state index contributed by atoms with van der Waals surface area (Å²) in [6.07, 6.45) is 0.602. The van der Waals surface area contributed by atoms with E-state index in [1.165, 1.54) is 24.1 Å². The molecule has 2 saturated heterocycles. The van der Waals surface area contributed by atoms with Crippen LogP contribution in [-0.4, -0.2) is 59.6 Å². The Labute approximate surface area is 240 Å². The Morgan fingerprint density at radius 1 is 0.902 bits per heavy atom. The highest BCUT2D eigenvalue weighted by Crippen LogP contribution is 2.53. The Hall–Kier alpha value is -4.28. The zero-order valence-corrected chi connectivity index (χ0v) is 23.1. The van der Waals surface area contributed by atoms with Gasteiger partial charge in [-0.1, -0.05) is 23.7 Å². The molecule has 11 heteroatoms. The van der Waals surface area contributed by atoms with Crippen LogP contribution in [0.3, 0.4) is 0 Å². The fourth-order valence-electron chi connectivity index (χ4n) is 6.46. The molecule has 0 aromatic heterocycles. The van der Waals surface area contributed by atoms with Crippen LogP contribution in [0.15, 0.2) is 54.6 Å². The van der Waals surface area contributed by atoms with E-state index in [-0.39, 0.29) is 30.4 Å². The van der Waals surface area contributed by atoms with Crippen LogP contribution in [0.25, 0.3) is 0 Å². The minimum absolute atomic E-state index is 0.118. The van der Waals surface area contributed by atoms with E-state index >= 15 is 0 Å². The van der Waals surface area contributed by atoms with E-state index in [1.54, 1.807) is 43.5 Å². The maximum Gasteiger partial charge on any atom is 0.250 e. The number of amides is 3.